The summed E-state index contributed by atoms with van der Waals surface area (Å²) < 4.78 is 76.2. The van der Waals surface area contributed by atoms with Gasteiger partial charge >= 0.3 is 18.1 Å². The molecule has 2 N–H and O–H groups in total. The van der Waals surface area contributed by atoms with Crippen molar-refractivity contribution in [3.05, 3.63) is 70.8 Å². The van der Waals surface area contributed by atoms with E-state index in [1.54, 1.807) is 6.07 Å². The minimum absolute atomic E-state index is 0.0166. The van der Waals surface area contributed by atoms with Crippen LogP contribution in [0, 0.1) is 0 Å². The maximum atomic E-state index is 12.8. The van der Waals surface area contributed by atoms with E-state index in [2.05, 4.69) is 15.3 Å². The number of aliphatic hydroxyl groups is 1. The topological polar surface area (TPSA) is 70.9 Å². The van der Waals surface area contributed by atoms with Gasteiger partial charge < -0.3 is 15.3 Å². The highest BCUT2D eigenvalue weighted by atomic mass is 19.4. The second-order valence-electron chi connectivity index (χ2n) is 6.55. The molecule has 0 radical (unpaired) electrons. The lowest BCUT2D eigenvalue weighted by molar-refractivity contribution is -0.355. The van der Waals surface area contributed by atoms with Crippen LogP contribution in [0.25, 0.3) is 0 Å². The van der Waals surface area contributed by atoms with Crippen molar-refractivity contribution >= 4 is 11.6 Å². The minimum Gasteiger partial charge on any atom is -0.350 e. The third kappa shape index (κ3) is 4.56. The standard InChI is InChI=1S/C19H14F6N2O3/c20-18(21,22)14-6-4-12(5-7-14)16(28)26-10-11-2-1-3-13(8-11)15-9-17(29,30-27-15)19(23,24)25/h1-8,29H,9-10H2,(H,26,28). The van der Waals surface area contributed by atoms with E-state index in [1.807, 2.05) is 0 Å². The summed E-state index contributed by atoms with van der Waals surface area (Å²) in [5.74, 6) is -4.02. The van der Waals surface area contributed by atoms with Crippen molar-refractivity contribution in [1.82, 2.24) is 5.32 Å². The van der Waals surface area contributed by atoms with Gasteiger partial charge in [0, 0.05) is 12.1 Å². The number of benzene rings is 2. The lowest BCUT2D eigenvalue weighted by atomic mass is 10.0. The van der Waals surface area contributed by atoms with Gasteiger partial charge in [0.05, 0.1) is 17.7 Å². The highest BCUT2D eigenvalue weighted by molar-refractivity contribution is 6.01. The van der Waals surface area contributed by atoms with Gasteiger partial charge in [-0.3, -0.25) is 4.79 Å². The molecule has 0 fully saturated rings. The number of carbonyl (C=O) groups is 1. The quantitative estimate of drug-likeness (QED) is 0.718. The second kappa shape index (κ2) is 7.63. The SMILES string of the molecule is O=C(NCc1cccc(C2=NOC(O)(C(F)(F)F)C2)c1)c1ccc(C(F)(F)F)cc1. The Morgan fingerprint density at radius 1 is 1.10 bits per heavy atom. The first-order valence-corrected chi connectivity index (χ1v) is 8.48. The Labute approximate surface area is 165 Å². The molecular formula is C19H14F6N2O3. The van der Waals surface area contributed by atoms with Gasteiger partial charge in [-0.2, -0.15) is 26.3 Å². The van der Waals surface area contributed by atoms with Crippen LogP contribution in [0.2, 0.25) is 0 Å². The Morgan fingerprint density at radius 3 is 2.33 bits per heavy atom. The number of alkyl halides is 6. The fraction of sp³-hybridized carbons (Fsp3) is 0.263. The van der Waals surface area contributed by atoms with Crippen molar-refractivity contribution in [2.24, 2.45) is 5.16 Å². The molecule has 1 aliphatic rings. The van der Waals surface area contributed by atoms with E-state index in [9.17, 15) is 36.2 Å². The van der Waals surface area contributed by atoms with Crippen LogP contribution < -0.4 is 5.32 Å². The minimum atomic E-state index is -5.02. The molecule has 0 saturated heterocycles. The average molecular weight is 432 g/mol. The number of carbonyl (C=O) groups excluding carboxylic acids is 1. The average Bonchev–Trinajstić information content (AvgIpc) is 3.09. The third-order valence-corrected chi connectivity index (χ3v) is 4.34. The van der Waals surface area contributed by atoms with Gasteiger partial charge in [-0.05, 0) is 41.5 Å². The summed E-state index contributed by atoms with van der Waals surface area (Å²) in [5, 5.41) is 15.3. The highest BCUT2D eigenvalue weighted by Crippen LogP contribution is 2.39. The van der Waals surface area contributed by atoms with Crippen LogP contribution in [0.3, 0.4) is 0 Å². The number of hydrogen-bond donors (Lipinski definition) is 2. The summed E-state index contributed by atoms with van der Waals surface area (Å²) >= 11 is 0. The van der Waals surface area contributed by atoms with Crippen molar-refractivity contribution in [1.29, 1.82) is 0 Å². The second-order valence-corrected chi connectivity index (χ2v) is 6.55. The fourth-order valence-electron chi connectivity index (χ4n) is 2.68. The number of amides is 1. The molecule has 0 aliphatic carbocycles. The Morgan fingerprint density at radius 2 is 1.77 bits per heavy atom. The predicted octanol–water partition coefficient (Wildman–Crippen LogP) is 4.01. The van der Waals surface area contributed by atoms with E-state index >= 15 is 0 Å². The molecule has 3 rings (SSSR count). The zero-order valence-electron chi connectivity index (χ0n) is 15.0. The fourth-order valence-corrected chi connectivity index (χ4v) is 2.68. The summed E-state index contributed by atoms with van der Waals surface area (Å²) in [4.78, 5) is 16.3. The molecule has 1 unspecified atom stereocenters. The molecule has 160 valence electrons. The van der Waals surface area contributed by atoms with Gasteiger partial charge in [0.2, 0.25) is 0 Å². The molecular weight excluding hydrogens is 418 g/mol. The van der Waals surface area contributed by atoms with Crippen molar-refractivity contribution < 1.29 is 41.1 Å². The normalized spacial score (nSPS) is 19.2. The molecule has 1 amide bonds. The summed E-state index contributed by atoms with van der Waals surface area (Å²) in [5.41, 5.74) is -0.229. The van der Waals surface area contributed by atoms with E-state index in [0.717, 1.165) is 24.3 Å². The molecule has 30 heavy (non-hydrogen) atoms. The van der Waals surface area contributed by atoms with E-state index < -0.39 is 36.0 Å². The van der Waals surface area contributed by atoms with E-state index in [-0.39, 0.29) is 23.4 Å². The zero-order chi connectivity index (χ0) is 22.2. The Balaban J connectivity index is 1.64. The first kappa shape index (κ1) is 21.6. The Kier molecular flexibility index (Phi) is 5.50. The number of rotatable bonds is 4. The van der Waals surface area contributed by atoms with Crippen LogP contribution >= 0.6 is 0 Å². The predicted molar refractivity (Wildman–Crippen MR) is 92.3 cm³/mol. The molecule has 0 spiro atoms. The highest BCUT2D eigenvalue weighted by Gasteiger charge is 2.60. The third-order valence-electron chi connectivity index (χ3n) is 4.34. The molecule has 2 aromatic carbocycles. The van der Waals surface area contributed by atoms with Crippen molar-refractivity contribution in [3.8, 4) is 0 Å². The largest absolute Gasteiger partial charge is 0.458 e. The number of oxime groups is 1. The first-order valence-electron chi connectivity index (χ1n) is 8.48. The number of halogens is 6. The lowest BCUT2D eigenvalue weighted by Crippen LogP contribution is -2.45. The van der Waals surface area contributed by atoms with Crippen LogP contribution in [0.5, 0.6) is 0 Å². The van der Waals surface area contributed by atoms with Gasteiger partial charge in [0.15, 0.2) is 0 Å². The first-order chi connectivity index (χ1) is 13.9. The molecule has 0 bridgehead atoms. The van der Waals surface area contributed by atoms with Crippen LogP contribution in [0.15, 0.2) is 53.7 Å². The summed E-state index contributed by atoms with van der Waals surface area (Å²) in [6.45, 7) is -0.0363. The molecule has 11 heteroatoms. The molecule has 2 aromatic rings. The van der Waals surface area contributed by atoms with Gasteiger partial charge in [0.25, 0.3) is 5.91 Å². The van der Waals surface area contributed by atoms with Gasteiger partial charge in [-0.25, -0.2) is 0 Å². The van der Waals surface area contributed by atoms with E-state index in [4.69, 9.17) is 0 Å². The zero-order valence-corrected chi connectivity index (χ0v) is 15.0. The van der Waals surface area contributed by atoms with Gasteiger partial charge in [0.1, 0.15) is 0 Å². The monoisotopic (exact) mass is 432 g/mol. The smallest absolute Gasteiger partial charge is 0.350 e. The molecule has 0 aromatic heterocycles. The van der Waals surface area contributed by atoms with Crippen LogP contribution in [0.1, 0.15) is 33.5 Å². The van der Waals surface area contributed by atoms with Crippen molar-refractivity contribution in [2.45, 2.75) is 31.1 Å². The molecule has 1 atom stereocenters. The van der Waals surface area contributed by atoms with Crippen molar-refractivity contribution in [3.63, 3.8) is 0 Å². The number of hydrogen-bond acceptors (Lipinski definition) is 4. The van der Waals surface area contributed by atoms with Crippen LogP contribution in [-0.4, -0.2) is 28.7 Å². The Bertz CT molecular complexity index is 969. The van der Waals surface area contributed by atoms with Gasteiger partial charge in [-0.1, -0.05) is 23.4 Å². The van der Waals surface area contributed by atoms with Crippen molar-refractivity contribution in [2.75, 3.05) is 0 Å². The molecule has 1 aliphatic heterocycles. The van der Waals surface area contributed by atoms with E-state index in [1.165, 1.54) is 18.2 Å². The van der Waals surface area contributed by atoms with Crippen LogP contribution in [0.4, 0.5) is 26.3 Å². The van der Waals surface area contributed by atoms with E-state index in [0.29, 0.717) is 5.56 Å². The molecule has 0 saturated carbocycles. The lowest BCUT2D eigenvalue weighted by Gasteiger charge is -2.22. The molecule has 1 heterocycles. The summed E-state index contributed by atoms with van der Waals surface area (Å²) in [6, 6.07) is 9.67. The van der Waals surface area contributed by atoms with Crippen LogP contribution in [-0.2, 0) is 17.6 Å². The summed E-state index contributed by atoms with van der Waals surface area (Å²) in [7, 11) is 0. The maximum Gasteiger partial charge on any atom is 0.458 e. The summed E-state index contributed by atoms with van der Waals surface area (Å²) in [6.07, 6.45) is -10.4. The number of nitrogens with zero attached hydrogens (tertiary/aromatic N) is 1. The number of nitrogens with one attached hydrogen (secondary N) is 1. The Hall–Kier alpha value is -3.08. The maximum absolute atomic E-state index is 12.8. The molecule has 5 nitrogen and oxygen atoms in total. The van der Waals surface area contributed by atoms with Gasteiger partial charge in [-0.15, -0.1) is 0 Å².